The van der Waals surface area contributed by atoms with Crippen molar-refractivity contribution in [3.05, 3.63) is 60.7 Å². The van der Waals surface area contributed by atoms with Crippen molar-refractivity contribution in [2.45, 2.75) is 137 Å². The summed E-state index contributed by atoms with van der Waals surface area (Å²) in [5.41, 5.74) is 0.365. The van der Waals surface area contributed by atoms with Crippen molar-refractivity contribution in [3.8, 4) is 0 Å². The Morgan fingerprint density at radius 2 is 1.35 bits per heavy atom. The van der Waals surface area contributed by atoms with Gasteiger partial charge in [-0.1, -0.05) is 130 Å². The molecule has 0 spiro atoms. The number of benzene rings is 2. The Hall–Kier alpha value is -1.25. The van der Waals surface area contributed by atoms with Crippen LogP contribution in [-0.4, -0.2) is 40.6 Å². The van der Waals surface area contributed by atoms with Crippen LogP contribution in [0.5, 0.6) is 0 Å². The summed E-state index contributed by atoms with van der Waals surface area (Å²) < 4.78 is 14.6. The normalized spacial score (nSPS) is 33.6. The van der Waals surface area contributed by atoms with Crippen molar-refractivity contribution >= 4 is 27.0 Å². The van der Waals surface area contributed by atoms with Crippen LogP contribution in [0.25, 0.3) is 0 Å². The Bertz CT molecular complexity index is 1270. The molecule has 3 fully saturated rings. The molecular formula is C41H66O3Si2. The van der Waals surface area contributed by atoms with Crippen LogP contribution >= 0.6 is 0 Å². The fourth-order valence-electron chi connectivity index (χ4n) is 10.4. The SMILES string of the molecule is C[C@@H]1C(CO[Si](c2ccccc2)(c2ccccc2)C(C)(C)C)C(O)C[C@@H]2[C@@H]1CC[C@@H]1C(C)(C)[C@H](O[Si](C)(C)C(C)(C)C)CC[C@@]21C. The number of hydrogen-bond donors (Lipinski definition) is 1. The molecule has 0 radical (unpaired) electrons. The summed E-state index contributed by atoms with van der Waals surface area (Å²) in [6.45, 7) is 29.7. The molecule has 0 bridgehead atoms. The molecule has 3 aliphatic carbocycles. The van der Waals surface area contributed by atoms with Crippen LogP contribution in [-0.2, 0) is 8.85 Å². The average Bonchev–Trinajstić information content (AvgIpc) is 2.96. The van der Waals surface area contributed by atoms with Crippen LogP contribution in [0, 0.1) is 40.4 Å². The Morgan fingerprint density at radius 1 is 0.804 bits per heavy atom. The number of fused-ring (bicyclic) bond motifs is 3. The van der Waals surface area contributed by atoms with Gasteiger partial charge in [0.1, 0.15) is 0 Å². The van der Waals surface area contributed by atoms with Gasteiger partial charge in [0.15, 0.2) is 8.32 Å². The zero-order valence-corrected chi connectivity index (χ0v) is 33.3. The van der Waals surface area contributed by atoms with Crippen molar-refractivity contribution in [3.63, 3.8) is 0 Å². The van der Waals surface area contributed by atoms with E-state index < -0.39 is 16.6 Å². The molecule has 0 aliphatic heterocycles. The molecule has 1 N–H and O–H groups in total. The molecule has 3 saturated carbocycles. The van der Waals surface area contributed by atoms with Gasteiger partial charge >= 0.3 is 0 Å². The van der Waals surface area contributed by atoms with E-state index in [1.165, 1.54) is 29.6 Å². The first-order valence-electron chi connectivity index (χ1n) is 18.4. The number of aliphatic hydroxyl groups is 1. The molecule has 0 aromatic heterocycles. The number of rotatable bonds is 7. The maximum absolute atomic E-state index is 12.1. The molecule has 46 heavy (non-hydrogen) atoms. The van der Waals surface area contributed by atoms with Crippen LogP contribution in [0.2, 0.25) is 23.2 Å². The third kappa shape index (κ3) is 6.08. The third-order valence-electron chi connectivity index (χ3n) is 14.1. The van der Waals surface area contributed by atoms with Gasteiger partial charge in [0.25, 0.3) is 8.32 Å². The predicted octanol–water partition coefficient (Wildman–Crippen LogP) is 9.44. The van der Waals surface area contributed by atoms with Crippen molar-refractivity contribution in [2.75, 3.05) is 6.61 Å². The molecular weight excluding hydrogens is 597 g/mol. The van der Waals surface area contributed by atoms with Crippen molar-refractivity contribution in [2.24, 2.45) is 40.4 Å². The molecule has 3 aliphatic rings. The predicted molar refractivity (Wildman–Crippen MR) is 200 cm³/mol. The van der Waals surface area contributed by atoms with Gasteiger partial charge in [-0.2, -0.15) is 0 Å². The second-order valence-corrected chi connectivity index (χ2v) is 28.0. The Morgan fingerprint density at radius 3 is 1.85 bits per heavy atom. The van der Waals surface area contributed by atoms with E-state index >= 15 is 0 Å². The van der Waals surface area contributed by atoms with Crippen LogP contribution < -0.4 is 10.4 Å². The quantitative estimate of drug-likeness (QED) is 0.300. The largest absolute Gasteiger partial charge is 0.413 e. The summed E-state index contributed by atoms with van der Waals surface area (Å²) in [5, 5.41) is 14.8. The third-order valence-corrected chi connectivity index (χ3v) is 23.6. The first kappa shape index (κ1) is 36.0. The van der Waals surface area contributed by atoms with E-state index in [0.717, 1.165) is 12.8 Å². The van der Waals surface area contributed by atoms with Gasteiger partial charge in [-0.05, 0) is 100 Å². The van der Waals surface area contributed by atoms with E-state index in [-0.39, 0.29) is 32.9 Å². The van der Waals surface area contributed by atoms with Gasteiger partial charge in [0.05, 0.1) is 12.2 Å². The zero-order chi connectivity index (χ0) is 33.9. The monoisotopic (exact) mass is 662 g/mol. The highest BCUT2D eigenvalue weighted by molar-refractivity contribution is 6.99. The van der Waals surface area contributed by atoms with Crippen LogP contribution in [0.15, 0.2) is 60.7 Å². The molecule has 0 heterocycles. The molecule has 256 valence electrons. The molecule has 2 unspecified atom stereocenters. The second kappa shape index (κ2) is 12.6. The smallest absolute Gasteiger partial charge is 0.261 e. The average molecular weight is 663 g/mol. The van der Waals surface area contributed by atoms with Gasteiger partial charge in [-0.25, -0.2) is 0 Å². The van der Waals surface area contributed by atoms with E-state index in [4.69, 9.17) is 8.85 Å². The molecule has 0 amide bonds. The van der Waals surface area contributed by atoms with Gasteiger partial charge in [-0.3, -0.25) is 0 Å². The molecule has 0 saturated heterocycles. The summed E-state index contributed by atoms with van der Waals surface area (Å²) in [4.78, 5) is 0. The van der Waals surface area contributed by atoms with Gasteiger partial charge < -0.3 is 14.0 Å². The van der Waals surface area contributed by atoms with E-state index in [2.05, 4.69) is 143 Å². The second-order valence-electron chi connectivity index (χ2n) is 18.9. The molecule has 8 atom stereocenters. The van der Waals surface area contributed by atoms with Crippen LogP contribution in [0.1, 0.15) is 101 Å². The fraction of sp³-hybridized carbons (Fsp3) is 0.707. The minimum absolute atomic E-state index is 0.0661. The molecule has 2 aromatic rings. The van der Waals surface area contributed by atoms with Gasteiger partial charge in [0, 0.05) is 12.5 Å². The minimum Gasteiger partial charge on any atom is -0.413 e. The lowest BCUT2D eigenvalue weighted by molar-refractivity contribution is -0.183. The van der Waals surface area contributed by atoms with E-state index in [1.807, 2.05) is 0 Å². The number of hydrogen-bond acceptors (Lipinski definition) is 3. The highest BCUT2D eigenvalue weighted by Gasteiger charge is 2.62. The Balaban J connectivity index is 1.39. The first-order chi connectivity index (χ1) is 21.3. The van der Waals surface area contributed by atoms with Crippen molar-refractivity contribution in [1.29, 1.82) is 0 Å². The maximum Gasteiger partial charge on any atom is 0.261 e. The summed E-state index contributed by atoms with van der Waals surface area (Å²) in [5.74, 6) is 2.37. The van der Waals surface area contributed by atoms with E-state index in [9.17, 15) is 5.11 Å². The topological polar surface area (TPSA) is 38.7 Å². The molecule has 3 nitrogen and oxygen atoms in total. The summed E-state index contributed by atoms with van der Waals surface area (Å²) in [6, 6.07) is 21.9. The summed E-state index contributed by atoms with van der Waals surface area (Å²) in [6.07, 6.45) is 5.76. The lowest BCUT2D eigenvalue weighted by Gasteiger charge is -2.65. The Labute approximate surface area is 284 Å². The molecule has 2 aromatic carbocycles. The highest BCUT2D eigenvalue weighted by atomic mass is 28.4. The van der Waals surface area contributed by atoms with Gasteiger partial charge in [0.2, 0.25) is 0 Å². The van der Waals surface area contributed by atoms with E-state index in [0.29, 0.717) is 36.4 Å². The first-order valence-corrected chi connectivity index (χ1v) is 23.2. The highest BCUT2D eigenvalue weighted by Crippen LogP contribution is 2.66. The Kier molecular flexibility index (Phi) is 9.85. The molecule has 5 rings (SSSR count). The summed E-state index contributed by atoms with van der Waals surface area (Å²) >= 11 is 0. The summed E-state index contributed by atoms with van der Waals surface area (Å²) in [7, 11) is -4.53. The molecule has 5 heteroatoms. The number of aliphatic hydroxyl groups excluding tert-OH is 1. The standard InChI is InChI=1S/C41H66O3Si2/c1-29-32-23-24-36-40(8,9)37(44-45(11,12)38(2,3)4)25-26-41(36,10)34(32)27-35(42)33(29)28-43-46(39(5,6)7,30-19-15-13-16-20-30)31-21-17-14-18-22-31/h13-22,29,32-37,42H,23-28H2,1-12H3/t29-,32+,33?,34+,35?,36+,37+,41-/m0/s1. The minimum atomic E-state index is -2.66. The lowest BCUT2D eigenvalue weighted by Crippen LogP contribution is -2.67. The van der Waals surface area contributed by atoms with Crippen LogP contribution in [0.3, 0.4) is 0 Å². The lowest BCUT2D eigenvalue weighted by atomic mass is 9.42. The fourth-order valence-corrected chi connectivity index (χ4v) is 16.5. The van der Waals surface area contributed by atoms with Gasteiger partial charge in [-0.15, -0.1) is 0 Å². The van der Waals surface area contributed by atoms with Crippen LogP contribution in [0.4, 0.5) is 0 Å². The van der Waals surface area contributed by atoms with E-state index in [1.54, 1.807) is 0 Å². The van der Waals surface area contributed by atoms with Crippen molar-refractivity contribution < 1.29 is 14.0 Å². The zero-order valence-electron chi connectivity index (χ0n) is 31.3. The van der Waals surface area contributed by atoms with Crippen molar-refractivity contribution in [1.82, 2.24) is 0 Å². The maximum atomic E-state index is 12.1.